The smallest absolute Gasteiger partial charge is 0.293 e. The fourth-order valence-corrected chi connectivity index (χ4v) is 12.3. The lowest BCUT2D eigenvalue weighted by molar-refractivity contribution is -0.138. The Bertz CT molecular complexity index is 768. The molecule has 0 aromatic carbocycles. The maximum atomic E-state index is 11.3. The third-order valence-corrected chi connectivity index (χ3v) is 14.8. The van der Waals surface area contributed by atoms with Crippen molar-refractivity contribution in [2.45, 2.75) is 206 Å². The van der Waals surface area contributed by atoms with Gasteiger partial charge in [0.05, 0.1) is 0 Å². The highest BCUT2D eigenvalue weighted by atomic mass is 16.5. The lowest BCUT2D eigenvalue weighted by Gasteiger charge is -2.58. The Morgan fingerprint density at radius 2 is 1.16 bits per heavy atom. The Morgan fingerprint density at radius 1 is 0.628 bits per heavy atom. The monoisotopic (exact) mass is 597 g/mol. The highest BCUT2D eigenvalue weighted by Crippen LogP contribution is 2.63. The van der Waals surface area contributed by atoms with E-state index in [4.69, 9.17) is 4.74 Å². The summed E-state index contributed by atoms with van der Waals surface area (Å²) in [5.41, 5.74) is 1.13. The van der Waals surface area contributed by atoms with E-state index in [0.717, 1.165) is 54.8 Å². The van der Waals surface area contributed by atoms with Crippen molar-refractivity contribution in [3.05, 3.63) is 0 Å². The predicted octanol–water partition coefficient (Wildman–Crippen LogP) is 12.6. The molecule has 0 N–H and O–H groups in total. The number of carbonyl (C=O) groups excluding carboxylic acids is 1. The summed E-state index contributed by atoms with van der Waals surface area (Å²) in [6, 6.07) is 0. The van der Waals surface area contributed by atoms with Crippen molar-refractivity contribution in [1.29, 1.82) is 0 Å². The van der Waals surface area contributed by atoms with Gasteiger partial charge < -0.3 is 4.74 Å². The summed E-state index contributed by atoms with van der Waals surface area (Å²) < 4.78 is 5.63. The molecule has 1 unspecified atom stereocenters. The minimum absolute atomic E-state index is 0.182. The van der Waals surface area contributed by atoms with Gasteiger partial charge in [0.2, 0.25) is 0 Å². The molecule has 0 radical (unpaired) electrons. The molecule has 0 heterocycles. The molecule has 5 aliphatic rings. The van der Waals surface area contributed by atoms with Gasteiger partial charge in [-0.05, 0) is 117 Å². The summed E-state index contributed by atoms with van der Waals surface area (Å²) in [7, 11) is 0. The largest absolute Gasteiger partial charge is 0.465 e. The Morgan fingerprint density at radius 3 is 1.70 bits per heavy atom. The van der Waals surface area contributed by atoms with Crippen LogP contribution >= 0.6 is 0 Å². The first-order valence-electron chi connectivity index (χ1n) is 20.2. The van der Waals surface area contributed by atoms with Crippen LogP contribution in [0.4, 0.5) is 0 Å². The molecule has 5 fully saturated rings. The van der Waals surface area contributed by atoms with Crippen LogP contribution in [-0.2, 0) is 9.53 Å². The Kier molecular flexibility index (Phi) is 13.3. The fraction of sp³-hybridized carbons (Fsp3) is 0.976. The summed E-state index contributed by atoms with van der Waals surface area (Å²) in [5, 5.41) is 0. The number of hydrogen-bond acceptors (Lipinski definition) is 2. The highest BCUT2D eigenvalue weighted by molar-refractivity contribution is 5.37. The molecule has 0 aliphatic heterocycles. The van der Waals surface area contributed by atoms with Crippen molar-refractivity contribution in [1.82, 2.24) is 0 Å². The molecule has 5 aliphatic carbocycles. The molecule has 5 saturated carbocycles. The van der Waals surface area contributed by atoms with E-state index >= 15 is 0 Å². The molecule has 43 heavy (non-hydrogen) atoms. The van der Waals surface area contributed by atoms with Crippen LogP contribution in [0.5, 0.6) is 0 Å². The van der Waals surface area contributed by atoms with Gasteiger partial charge in [-0.3, -0.25) is 4.79 Å². The third kappa shape index (κ3) is 8.44. The number of unbranched alkanes of at least 4 members (excludes halogenated alkanes) is 2. The zero-order chi connectivity index (χ0) is 30.0. The SMILES string of the molecule is CCCC[C@H]1CC[C@H](C2(CC(C3CCCCC3)C3([C@H]4CC[C@H](CCCC)CC4)CCCCC3)CCC(OC=O)CC2)CC1. The number of rotatable bonds is 14. The van der Waals surface area contributed by atoms with Gasteiger partial charge in [-0.2, -0.15) is 0 Å². The molecular weight excluding hydrogens is 524 g/mol. The maximum absolute atomic E-state index is 11.3. The first kappa shape index (κ1) is 33.8. The van der Waals surface area contributed by atoms with Crippen LogP contribution in [0.15, 0.2) is 0 Å². The second-order valence-electron chi connectivity index (χ2n) is 17.0. The van der Waals surface area contributed by atoms with Crippen LogP contribution in [0.1, 0.15) is 200 Å². The van der Waals surface area contributed by atoms with E-state index in [-0.39, 0.29) is 6.10 Å². The molecule has 248 valence electrons. The molecule has 0 amide bonds. The molecule has 0 aromatic heterocycles. The zero-order valence-corrected chi connectivity index (χ0v) is 28.9. The van der Waals surface area contributed by atoms with Crippen LogP contribution in [0, 0.1) is 46.3 Å². The standard InChI is InChI=1S/C41H72O2/c1-3-5-13-33-17-21-36(22-18-33)40(29-25-38(26-30-40)43-32-42)31-39(35-15-9-7-10-16-35)41(27-11-8-12-28-41)37-23-19-34(20-24-37)14-6-4-2/h32-39H,3-31H2,1-2H3/t33-,34-,36-,37-,38?,39?,40?. The second-order valence-corrected chi connectivity index (χ2v) is 17.0. The van der Waals surface area contributed by atoms with E-state index in [0.29, 0.717) is 10.8 Å². The zero-order valence-electron chi connectivity index (χ0n) is 28.9. The third-order valence-electron chi connectivity index (χ3n) is 14.8. The minimum atomic E-state index is 0.182. The topological polar surface area (TPSA) is 26.3 Å². The quantitative estimate of drug-likeness (QED) is 0.186. The van der Waals surface area contributed by atoms with Crippen LogP contribution < -0.4 is 0 Å². The van der Waals surface area contributed by atoms with E-state index in [1.807, 2.05) is 0 Å². The van der Waals surface area contributed by atoms with Crippen molar-refractivity contribution in [2.75, 3.05) is 0 Å². The molecule has 0 bridgehead atoms. The average molecular weight is 597 g/mol. The molecule has 2 nitrogen and oxygen atoms in total. The minimum Gasteiger partial charge on any atom is -0.465 e. The lowest BCUT2D eigenvalue weighted by Crippen LogP contribution is -2.49. The summed E-state index contributed by atoms with van der Waals surface area (Å²) >= 11 is 0. The van der Waals surface area contributed by atoms with Gasteiger partial charge in [0.15, 0.2) is 0 Å². The van der Waals surface area contributed by atoms with Gasteiger partial charge in [0.1, 0.15) is 6.10 Å². The van der Waals surface area contributed by atoms with Crippen LogP contribution in [0.2, 0.25) is 0 Å². The van der Waals surface area contributed by atoms with Crippen molar-refractivity contribution in [3.63, 3.8) is 0 Å². The van der Waals surface area contributed by atoms with E-state index in [1.165, 1.54) is 148 Å². The number of hydrogen-bond donors (Lipinski definition) is 0. The van der Waals surface area contributed by atoms with Gasteiger partial charge in [-0.15, -0.1) is 0 Å². The van der Waals surface area contributed by atoms with Gasteiger partial charge in [0.25, 0.3) is 6.47 Å². The number of carbonyl (C=O) groups is 1. The lowest BCUT2D eigenvalue weighted by atomic mass is 9.47. The molecule has 1 atom stereocenters. The summed E-state index contributed by atoms with van der Waals surface area (Å²) in [5.74, 6) is 5.85. The van der Waals surface area contributed by atoms with Crippen molar-refractivity contribution >= 4 is 6.47 Å². The normalized spacial score (nSPS) is 36.6. The second kappa shape index (κ2) is 16.9. The Labute approximate surface area is 268 Å². The maximum Gasteiger partial charge on any atom is 0.293 e. The van der Waals surface area contributed by atoms with Crippen molar-refractivity contribution in [2.24, 2.45) is 46.3 Å². The predicted molar refractivity (Wildman–Crippen MR) is 182 cm³/mol. The van der Waals surface area contributed by atoms with E-state index in [2.05, 4.69) is 13.8 Å². The average Bonchev–Trinajstić information content (AvgIpc) is 3.07. The van der Waals surface area contributed by atoms with Crippen LogP contribution in [-0.4, -0.2) is 12.6 Å². The molecule has 0 aromatic rings. The van der Waals surface area contributed by atoms with Gasteiger partial charge in [-0.1, -0.05) is 129 Å². The number of ether oxygens (including phenoxy) is 1. The molecular formula is C41H72O2. The van der Waals surface area contributed by atoms with Gasteiger partial charge in [0, 0.05) is 0 Å². The first-order valence-corrected chi connectivity index (χ1v) is 20.2. The summed E-state index contributed by atoms with van der Waals surface area (Å²) in [6.45, 7) is 5.49. The fourth-order valence-electron chi connectivity index (χ4n) is 12.3. The molecule has 2 heteroatoms. The van der Waals surface area contributed by atoms with Crippen LogP contribution in [0.3, 0.4) is 0 Å². The first-order chi connectivity index (χ1) is 21.1. The Hall–Kier alpha value is -0.530. The highest BCUT2D eigenvalue weighted by Gasteiger charge is 2.53. The summed E-state index contributed by atoms with van der Waals surface area (Å²) in [4.78, 5) is 11.3. The molecule has 5 rings (SSSR count). The van der Waals surface area contributed by atoms with Crippen molar-refractivity contribution in [3.8, 4) is 0 Å². The van der Waals surface area contributed by atoms with E-state index in [1.54, 1.807) is 25.7 Å². The van der Waals surface area contributed by atoms with E-state index < -0.39 is 0 Å². The molecule has 0 spiro atoms. The van der Waals surface area contributed by atoms with E-state index in [9.17, 15) is 4.79 Å². The molecule has 0 saturated heterocycles. The Balaban J connectivity index is 1.41. The van der Waals surface area contributed by atoms with Gasteiger partial charge in [-0.25, -0.2) is 0 Å². The summed E-state index contributed by atoms with van der Waals surface area (Å²) in [6.07, 6.45) is 42.4. The van der Waals surface area contributed by atoms with Crippen LogP contribution in [0.25, 0.3) is 0 Å². The van der Waals surface area contributed by atoms with Gasteiger partial charge >= 0.3 is 0 Å². The van der Waals surface area contributed by atoms with Crippen molar-refractivity contribution < 1.29 is 9.53 Å².